The molecule has 0 bridgehead atoms. The highest BCUT2D eigenvalue weighted by molar-refractivity contribution is 6.32. The van der Waals surface area contributed by atoms with E-state index in [0.29, 0.717) is 17.4 Å². The van der Waals surface area contributed by atoms with Gasteiger partial charge in [0.1, 0.15) is 24.0 Å². The fourth-order valence-electron chi connectivity index (χ4n) is 4.02. The lowest BCUT2D eigenvalue weighted by Crippen LogP contribution is -2.63. The minimum absolute atomic E-state index is 0.0172. The monoisotopic (exact) mass is 554 g/mol. The molecule has 0 amide bonds. The Hall–Kier alpha value is -3.64. The van der Waals surface area contributed by atoms with E-state index in [1.165, 1.54) is 12.1 Å². The Labute approximate surface area is 222 Å². The third kappa shape index (κ3) is 7.01. The van der Waals surface area contributed by atoms with Gasteiger partial charge in [-0.15, -0.1) is 0 Å². The standard InChI is InChI=1S/C25H27ClO12/c1-6-15-7-21(31)36-18-9-19(17(26)8-16(15)18)37-25-24(35-14(5)30)23(34-13(4)29)22(33-12(3)28)20(38-25)10-32-11(2)27/h7-9,20,22-25H,6,10H2,1-5H3/t20-,22-,23+,24-,25-/m1/s1. The Morgan fingerprint density at radius 2 is 1.47 bits per heavy atom. The Balaban J connectivity index is 2.08. The highest BCUT2D eigenvalue weighted by Gasteiger charge is 2.53. The van der Waals surface area contributed by atoms with Crippen molar-refractivity contribution in [1.82, 2.24) is 0 Å². The molecule has 1 saturated heterocycles. The van der Waals surface area contributed by atoms with Crippen LogP contribution < -0.4 is 10.4 Å². The van der Waals surface area contributed by atoms with Gasteiger partial charge in [-0.1, -0.05) is 18.5 Å². The number of esters is 4. The van der Waals surface area contributed by atoms with Crippen molar-refractivity contribution in [1.29, 1.82) is 0 Å². The molecule has 0 saturated carbocycles. The number of halogens is 1. The van der Waals surface area contributed by atoms with Crippen molar-refractivity contribution in [3.63, 3.8) is 0 Å². The van der Waals surface area contributed by atoms with Crippen LogP contribution in [0.15, 0.2) is 27.4 Å². The van der Waals surface area contributed by atoms with Gasteiger partial charge < -0.3 is 32.8 Å². The molecular formula is C25H27ClO12. The van der Waals surface area contributed by atoms with E-state index < -0.39 is 66.8 Å². The van der Waals surface area contributed by atoms with Crippen molar-refractivity contribution in [3.8, 4) is 5.75 Å². The van der Waals surface area contributed by atoms with Crippen LogP contribution in [0.2, 0.25) is 5.02 Å². The fraction of sp³-hybridized carbons (Fsp3) is 0.480. The normalized spacial score (nSPS) is 22.8. The van der Waals surface area contributed by atoms with Crippen LogP contribution in [0.4, 0.5) is 0 Å². The maximum Gasteiger partial charge on any atom is 0.336 e. The Kier molecular flexibility index (Phi) is 9.34. The highest BCUT2D eigenvalue weighted by atomic mass is 35.5. The summed E-state index contributed by atoms with van der Waals surface area (Å²) >= 11 is 6.47. The zero-order valence-corrected chi connectivity index (χ0v) is 22.1. The SMILES string of the molecule is CCc1cc(=O)oc2cc(O[C@@H]3O[C@H](COC(C)=O)[C@@H](OC(C)=O)[C@H](OC(C)=O)[C@H]3OC(C)=O)c(Cl)cc12. The second-order valence-electron chi connectivity index (χ2n) is 8.41. The molecule has 38 heavy (non-hydrogen) atoms. The zero-order valence-electron chi connectivity index (χ0n) is 21.3. The summed E-state index contributed by atoms with van der Waals surface area (Å²) in [6, 6.07) is 4.27. The van der Waals surface area contributed by atoms with Crippen molar-refractivity contribution in [3.05, 3.63) is 39.2 Å². The summed E-state index contributed by atoms with van der Waals surface area (Å²) < 4.78 is 38.3. The average molecular weight is 555 g/mol. The quantitative estimate of drug-likeness (QED) is 0.267. The summed E-state index contributed by atoms with van der Waals surface area (Å²) in [5.41, 5.74) is 0.311. The number of hydrogen-bond donors (Lipinski definition) is 0. The van der Waals surface area contributed by atoms with Crippen LogP contribution in [0, 0.1) is 0 Å². The first-order chi connectivity index (χ1) is 17.9. The zero-order chi connectivity index (χ0) is 28.1. The number of benzene rings is 1. The minimum Gasteiger partial charge on any atom is -0.463 e. The first-order valence-electron chi connectivity index (χ1n) is 11.6. The maximum absolute atomic E-state index is 12.0. The van der Waals surface area contributed by atoms with Gasteiger partial charge in [0.2, 0.25) is 12.4 Å². The first-order valence-corrected chi connectivity index (χ1v) is 12.0. The van der Waals surface area contributed by atoms with E-state index in [1.54, 1.807) is 6.07 Å². The molecule has 1 aliphatic rings. The number of rotatable bonds is 8. The summed E-state index contributed by atoms with van der Waals surface area (Å²) in [7, 11) is 0. The van der Waals surface area contributed by atoms with Gasteiger partial charge in [-0.25, -0.2) is 4.79 Å². The lowest BCUT2D eigenvalue weighted by atomic mass is 9.98. The molecule has 12 nitrogen and oxygen atoms in total. The molecule has 0 unspecified atom stereocenters. The summed E-state index contributed by atoms with van der Waals surface area (Å²) in [5.74, 6) is -3.00. The third-order valence-corrected chi connectivity index (χ3v) is 5.75. The molecule has 206 valence electrons. The molecule has 13 heteroatoms. The third-order valence-electron chi connectivity index (χ3n) is 5.45. The van der Waals surface area contributed by atoms with Crippen molar-refractivity contribution in [2.45, 2.75) is 71.7 Å². The Bertz CT molecular complexity index is 1290. The number of carbonyl (C=O) groups is 4. The topological polar surface area (TPSA) is 154 Å². The number of hydrogen-bond acceptors (Lipinski definition) is 12. The molecule has 0 radical (unpaired) electrons. The van der Waals surface area contributed by atoms with Crippen LogP contribution in [0.5, 0.6) is 5.75 Å². The molecule has 0 aliphatic carbocycles. The van der Waals surface area contributed by atoms with Gasteiger partial charge >= 0.3 is 29.5 Å². The van der Waals surface area contributed by atoms with E-state index in [9.17, 15) is 24.0 Å². The predicted octanol–water partition coefficient (Wildman–Crippen LogP) is 2.47. The van der Waals surface area contributed by atoms with E-state index in [4.69, 9.17) is 44.4 Å². The van der Waals surface area contributed by atoms with Gasteiger partial charge in [0.05, 0.1) is 5.02 Å². The molecule has 2 heterocycles. The van der Waals surface area contributed by atoms with Gasteiger partial charge in [0.15, 0.2) is 12.2 Å². The van der Waals surface area contributed by atoms with Crippen LogP contribution in [0.1, 0.15) is 40.2 Å². The highest BCUT2D eigenvalue weighted by Crippen LogP contribution is 2.36. The lowest BCUT2D eigenvalue weighted by molar-refractivity contribution is -0.288. The molecule has 1 aromatic heterocycles. The van der Waals surface area contributed by atoms with E-state index >= 15 is 0 Å². The van der Waals surface area contributed by atoms with Crippen LogP contribution in [-0.2, 0) is 49.3 Å². The minimum atomic E-state index is -1.49. The summed E-state index contributed by atoms with van der Waals surface area (Å²) in [6.07, 6.45) is -6.35. The van der Waals surface area contributed by atoms with Gasteiger partial charge in [-0.05, 0) is 18.1 Å². The van der Waals surface area contributed by atoms with Crippen LogP contribution in [0.3, 0.4) is 0 Å². The molecule has 3 rings (SSSR count). The van der Waals surface area contributed by atoms with E-state index in [1.807, 2.05) is 6.92 Å². The smallest absolute Gasteiger partial charge is 0.336 e. The second kappa shape index (κ2) is 12.3. The van der Waals surface area contributed by atoms with E-state index in [-0.39, 0.29) is 16.4 Å². The van der Waals surface area contributed by atoms with Crippen LogP contribution in [0.25, 0.3) is 11.0 Å². The summed E-state index contributed by atoms with van der Waals surface area (Å²) in [6.45, 7) is 5.94. The fourth-order valence-corrected chi connectivity index (χ4v) is 4.23. The van der Waals surface area contributed by atoms with E-state index in [0.717, 1.165) is 27.7 Å². The molecule has 2 aromatic rings. The molecule has 0 spiro atoms. The maximum atomic E-state index is 12.0. The largest absolute Gasteiger partial charge is 0.463 e. The van der Waals surface area contributed by atoms with Crippen molar-refractivity contribution >= 4 is 46.4 Å². The Morgan fingerprint density at radius 1 is 0.868 bits per heavy atom. The van der Waals surface area contributed by atoms with Crippen LogP contribution >= 0.6 is 11.6 Å². The molecule has 1 aromatic carbocycles. The van der Waals surface area contributed by atoms with Crippen molar-refractivity contribution < 1.29 is 52.0 Å². The molecule has 1 aliphatic heterocycles. The average Bonchev–Trinajstić information content (AvgIpc) is 2.81. The van der Waals surface area contributed by atoms with Crippen molar-refractivity contribution in [2.24, 2.45) is 0 Å². The van der Waals surface area contributed by atoms with Gasteiger partial charge in [-0.2, -0.15) is 0 Å². The molecule has 5 atom stereocenters. The van der Waals surface area contributed by atoms with Gasteiger partial charge in [-0.3, -0.25) is 19.2 Å². The number of carbonyl (C=O) groups excluding carboxylic acids is 4. The summed E-state index contributed by atoms with van der Waals surface area (Å²) in [4.78, 5) is 59.3. The molecule has 1 fully saturated rings. The lowest BCUT2D eigenvalue weighted by Gasteiger charge is -2.43. The van der Waals surface area contributed by atoms with Crippen molar-refractivity contribution in [2.75, 3.05) is 6.61 Å². The number of aryl methyl sites for hydroxylation is 1. The van der Waals surface area contributed by atoms with Gasteiger partial charge in [0.25, 0.3) is 0 Å². The number of ether oxygens (including phenoxy) is 6. The molecular weight excluding hydrogens is 528 g/mol. The number of fused-ring (bicyclic) bond motifs is 1. The van der Waals surface area contributed by atoms with Crippen LogP contribution in [-0.4, -0.2) is 61.2 Å². The Morgan fingerprint density at radius 3 is 2.05 bits per heavy atom. The summed E-state index contributed by atoms with van der Waals surface area (Å²) in [5, 5.41) is 0.694. The molecule has 0 N–H and O–H groups in total. The first kappa shape index (κ1) is 28.9. The predicted molar refractivity (Wildman–Crippen MR) is 129 cm³/mol. The second-order valence-corrected chi connectivity index (χ2v) is 8.82. The van der Waals surface area contributed by atoms with E-state index in [2.05, 4.69) is 0 Å². The van der Waals surface area contributed by atoms with Gasteiger partial charge in [0, 0.05) is 45.2 Å².